The lowest BCUT2D eigenvalue weighted by molar-refractivity contribution is -0.166. The van der Waals surface area contributed by atoms with Gasteiger partial charge in [0.15, 0.2) is 0 Å². The molecule has 0 aliphatic heterocycles. The molecule has 2 aliphatic rings. The Hall–Kier alpha value is -2.04. The Bertz CT molecular complexity index is 737. The van der Waals surface area contributed by atoms with Gasteiger partial charge in [-0.2, -0.15) is 0 Å². The van der Waals surface area contributed by atoms with Crippen molar-refractivity contribution in [2.75, 3.05) is 6.54 Å². The number of ether oxygens (including phenoxy) is 2. The van der Waals surface area contributed by atoms with Gasteiger partial charge in [0.2, 0.25) is 6.29 Å². The molecule has 2 fully saturated rings. The average Bonchev–Trinajstić information content (AvgIpc) is 3.41. The molecule has 5 unspecified atom stereocenters. The van der Waals surface area contributed by atoms with E-state index in [0.717, 1.165) is 19.3 Å². The van der Waals surface area contributed by atoms with Crippen LogP contribution in [0.4, 0.5) is 4.79 Å². The van der Waals surface area contributed by atoms with Crippen LogP contribution in [-0.4, -0.2) is 35.8 Å². The third-order valence-electron chi connectivity index (χ3n) is 7.54. The fourth-order valence-corrected chi connectivity index (χ4v) is 6.02. The van der Waals surface area contributed by atoms with E-state index in [1.165, 1.54) is 50.5 Å². The first-order valence-corrected chi connectivity index (χ1v) is 13.3. The minimum Gasteiger partial charge on any atom is -0.425 e. The molecule has 0 heterocycles. The number of esters is 1. The summed E-state index contributed by atoms with van der Waals surface area (Å²) >= 11 is 0. The number of fused-ring (bicyclic) bond motifs is 2. The number of carbonyl (C=O) groups is 2. The average molecular weight is 458 g/mol. The molecule has 1 aromatic rings. The van der Waals surface area contributed by atoms with Crippen molar-refractivity contribution in [3.63, 3.8) is 0 Å². The molecule has 5 heteroatoms. The van der Waals surface area contributed by atoms with Crippen molar-refractivity contribution in [1.29, 1.82) is 0 Å². The molecule has 2 bridgehead atoms. The Morgan fingerprint density at radius 3 is 2.30 bits per heavy atom. The predicted molar refractivity (Wildman–Crippen MR) is 131 cm³/mol. The number of amides is 1. The highest BCUT2D eigenvalue weighted by Crippen LogP contribution is 2.54. The van der Waals surface area contributed by atoms with E-state index in [-0.39, 0.29) is 18.1 Å². The minimum absolute atomic E-state index is 0.152. The van der Waals surface area contributed by atoms with Crippen molar-refractivity contribution >= 4 is 12.1 Å². The van der Waals surface area contributed by atoms with Crippen LogP contribution in [-0.2, 0) is 14.3 Å². The number of hydrogen-bond acceptors (Lipinski definition) is 4. The van der Waals surface area contributed by atoms with Crippen molar-refractivity contribution in [1.82, 2.24) is 4.90 Å². The summed E-state index contributed by atoms with van der Waals surface area (Å²) in [5, 5.41) is 0. The Labute approximate surface area is 200 Å². The Morgan fingerprint density at radius 2 is 1.61 bits per heavy atom. The largest absolute Gasteiger partial charge is 0.425 e. The Kier molecular flexibility index (Phi) is 10.1. The van der Waals surface area contributed by atoms with Crippen molar-refractivity contribution in [2.45, 2.75) is 110 Å². The standard InChI is InChI=1S/C28H43NO4/c1-4-6-7-8-9-10-14-17-25(30)32-21(3)33-28(31)29(5-2)27-24-19-18-23(20-24)26(27)22-15-12-11-13-16-22/h11-13,15-16,21,23-24,26-27H,4-10,14,17-20H2,1-3H3. The van der Waals surface area contributed by atoms with Crippen LogP contribution in [0, 0.1) is 11.8 Å². The van der Waals surface area contributed by atoms with Gasteiger partial charge in [0, 0.05) is 31.8 Å². The molecule has 0 radical (unpaired) electrons. The van der Waals surface area contributed by atoms with Crippen LogP contribution in [0.15, 0.2) is 30.3 Å². The topological polar surface area (TPSA) is 55.8 Å². The zero-order valence-electron chi connectivity index (χ0n) is 20.8. The lowest BCUT2D eigenvalue weighted by Gasteiger charge is -2.39. The summed E-state index contributed by atoms with van der Waals surface area (Å²) in [5.41, 5.74) is 1.31. The molecule has 3 rings (SSSR count). The molecule has 0 aromatic heterocycles. The van der Waals surface area contributed by atoms with E-state index in [0.29, 0.717) is 30.7 Å². The van der Waals surface area contributed by atoms with Gasteiger partial charge in [0.1, 0.15) is 0 Å². The number of benzene rings is 1. The van der Waals surface area contributed by atoms with Crippen molar-refractivity contribution in [3.05, 3.63) is 35.9 Å². The summed E-state index contributed by atoms with van der Waals surface area (Å²) in [4.78, 5) is 27.2. The fraction of sp³-hybridized carbons (Fsp3) is 0.714. The van der Waals surface area contributed by atoms with Gasteiger partial charge in [-0.3, -0.25) is 4.79 Å². The summed E-state index contributed by atoms with van der Waals surface area (Å²) in [6.45, 7) is 6.45. The van der Waals surface area contributed by atoms with Crippen molar-refractivity contribution in [2.24, 2.45) is 11.8 Å². The molecule has 184 valence electrons. The zero-order chi connectivity index (χ0) is 23.6. The van der Waals surface area contributed by atoms with E-state index in [4.69, 9.17) is 9.47 Å². The number of nitrogens with zero attached hydrogens (tertiary/aromatic N) is 1. The van der Waals surface area contributed by atoms with Crippen LogP contribution in [0.5, 0.6) is 0 Å². The fourth-order valence-electron chi connectivity index (χ4n) is 6.02. The SMILES string of the molecule is CCCCCCCCCC(=O)OC(C)OC(=O)N(CC)C1C2CCC(C2)C1c1ccccc1. The molecule has 1 amide bonds. The highest BCUT2D eigenvalue weighted by molar-refractivity contribution is 5.71. The maximum atomic E-state index is 13.1. The second-order valence-corrected chi connectivity index (χ2v) is 9.86. The molecule has 0 N–H and O–H groups in total. The molecular formula is C28H43NO4. The van der Waals surface area contributed by atoms with Crippen LogP contribution < -0.4 is 0 Å². The van der Waals surface area contributed by atoms with Gasteiger partial charge in [0.25, 0.3) is 0 Å². The quantitative estimate of drug-likeness (QED) is 0.181. The van der Waals surface area contributed by atoms with E-state index < -0.39 is 6.29 Å². The first kappa shape index (κ1) is 25.6. The summed E-state index contributed by atoms with van der Waals surface area (Å²) in [7, 11) is 0. The first-order valence-electron chi connectivity index (χ1n) is 13.3. The first-order chi connectivity index (χ1) is 16.0. The summed E-state index contributed by atoms with van der Waals surface area (Å²) in [6.07, 6.45) is 10.8. The second-order valence-electron chi connectivity index (χ2n) is 9.86. The van der Waals surface area contributed by atoms with Gasteiger partial charge in [-0.25, -0.2) is 4.79 Å². The predicted octanol–water partition coefficient (Wildman–Crippen LogP) is 7.06. The highest BCUT2D eigenvalue weighted by Gasteiger charge is 2.51. The third-order valence-corrected chi connectivity index (χ3v) is 7.54. The van der Waals surface area contributed by atoms with Crippen LogP contribution in [0.3, 0.4) is 0 Å². The van der Waals surface area contributed by atoms with Gasteiger partial charge in [-0.1, -0.05) is 75.8 Å². The van der Waals surface area contributed by atoms with Gasteiger partial charge >= 0.3 is 12.1 Å². The van der Waals surface area contributed by atoms with E-state index in [1.807, 2.05) is 17.9 Å². The number of likely N-dealkylation sites (N-methyl/N-ethyl adjacent to an activating group) is 1. The molecule has 2 aliphatic carbocycles. The van der Waals surface area contributed by atoms with Crippen LogP contribution in [0.25, 0.3) is 0 Å². The molecule has 5 atom stereocenters. The van der Waals surface area contributed by atoms with Gasteiger partial charge in [0.05, 0.1) is 0 Å². The number of rotatable bonds is 13. The smallest absolute Gasteiger partial charge is 0.413 e. The highest BCUT2D eigenvalue weighted by atomic mass is 16.7. The molecule has 1 aromatic carbocycles. The normalized spacial score (nSPS) is 24.5. The lowest BCUT2D eigenvalue weighted by Crippen LogP contribution is -2.47. The van der Waals surface area contributed by atoms with E-state index in [1.54, 1.807) is 6.92 Å². The Morgan fingerprint density at radius 1 is 0.939 bits per heavy atom. The molecule has 0 saturated heterocycles. The van der Waals surface area contributed by atoms with Crippen LogP contribution in [0.2, 0.25) is 0 Å². The molecular weight excluding hydrogens is 414 g/mol. The van der Waals surface area contributed by atoms with Crippen LogP contribution in [0.1, 0.15) is 103 Å². The van der Waals surface area contributed by atoms with Gasteiger partial charge in [-0.15, -0.1) is 0 Å². The minimum atomic E-state index is -0.864. The zero-order valence-corrected chi connectivity index (χ0v) is 20.8. The van der Waals surface area contributed by atoms with E-state index in [2.05, 4.69) is 31.2 Å². The Balaban J connectivity index is 1.47. The number of unbranched alkanes of at least 4 members (excludes halogenated alkanes) is 6. The maximum absolute atomic E-state index is 13.1. The number of hydrogen-bond donors (Lipinski definition) is 0. The van der Waals surface area contributed by atoms with E-state index in [9.17, 15) is 9.59 Å². The van der Waals surface area contributed by atoms with Crippen molar-refractivity contribution in [3.8, 4) is 0 Å². The molecule has 33 heavy (non-hydrogen) atoms. The summed E-state index contributed by atoms with van der Waals surface area (Å²) in [6, 6.07) is 10.7. The molecule has 5 nitrogen and oxygen atoms in total. The lowest BCUT2D eigenvalue weighted by atomic mass is 9.79. The monoisotopic (exact) mass is 457 g/mol. The molecule has 0 spiro atoms. The number of carbonyl (C=O) groups excluding carboxylic acids is 2. The molecule has 2 saturated carbocycles. The van der Waals surface area contributed by atoms with Gasteiger partial charge in [-0.05, 0) is 50.0 Å². The van der Waals surface area contributed by atoms with Gasteiger partial charge < -0.3 is 14.4 Å². The van der Waals surface area contributed by atoms with Crippen LogP contribution >= 0.6 is 0 Å². The van der Waals surface area contributed by atoms with E-state index >= 15 is 0 Å². The second kappa shape index (κ2) is 13.0. The maximum Gasteiger partial charge on any atom is 0.413 e. The summed E-state index contributed by atoms with van der Waals surface area (Å²) < 4.78 is 11.0. The summed E-state index contributed by atoms with van der Waals surface area (Å²) in [5.74, 6) is 1.21. The van der Waals surface area contributed by atoms with Crippen molar-refractivity contribution < 1.29 is 19.1 Å². The third kappa shape index (κ3) is 6.97.